The number of carbonyl (C=O) groups is 1. The Kier molecular flexibility index (Phi) is 5.62. The van der Waals surface area contributed by atoms with Crippen molar-refractivity contribution in [3.63, 3.8) is 0 Å². The SMILES string of the molecule is Cc1cccc(-n2nnnc2SCC(=O)N(Cc2ccccc2F)C2CC2)c1C. The fourth-order valence-electron chi connectivity index (χ4n) is 3.21. The summed E-state index contributed by atoms with van der Waals surface area (Å²) in [6.45, 7) is 4.35. The molecule has 3 aromatic rings. The predicted octanol–water partition coefficient (Wildman–Crippen LogP) is 3.70. The number of tetrazole rings is 1. The Bertz CT molecular complexity index is 1030. The van der Waals surface area contributed by atoms with Crippen molar-refractivity contribution in [3.8, 4) is 5.69 Å². The van der Waals surface area contributed by atoms with Crippen LogP contribution in [0.25, 0.3) is 5.69 Å². The minimum absolute atomic E-state index is 0.0312. The lowest BCUT2D eigenvalue weighted by atomic mass is 10.1. The summed E-state index contributed by atoms with van der Waals surface area (Å²) in [7, 11) is 0. The van der Waals surface area contributed by atoms with Crippen LogP contribution < -0.4 is 0 Å². The van der Waals surface area contributed by atoms with Crippen molar-refractivity contribution < 1.29 is 9.18 Å². The van der Waals surface area contributed by atoms with Crippen molar-refractivity contribution in [1.82, 2.24) is 25.1 Å². The van der Waals surface area contributed by atoms with E-state index in [9.17, 15) is 9.18 Å². The summed E-state index contributed by atoms with van der Waals surface area (Å²) in [5, 5.41) is 12.5. The van der Waals surface area contributed by atoms with Gasteiger partial charge in [0.25, 0.3) is 0 Å². The fraction of sp³-hybridized carbons (Fsp3) is 0.333. The van der Waals surface area contributed by atoms with Crippen LogP contribution >= 0.6 is 11.8 Å². The Hall–Kier alpha value is -2.74. The third-order valence-corrected chi connectivity index (χ3v) is 6.08. The minimum atomic E-state index is -0.280. The number of benzene rings is 2. The highest BCUT2D eigenvalue weighted by Crippen LogP contribution is 2.30. The molecule has 0 spiro atoms. The van der Waals surface area contributed by atoms with E-state index in [0.29, 0.717) is 17.3 Å². The average molecular weight is 412 g/mol. The normalized spacial score (nSPS) is 13.5. The molecule has 6 nitrogen and oxygen atoms in total. The molecular weight excluding hydrogens is 389 g/mol. The van der Waals surface area contributed by atoms with Crippen LogP contribution in [0.2, 0.25) is 0 Å². The van der Waals surface area contributed by atoms with Gasteiger partial charge in [-0.2, -0.15) is 4.68 Å². The first-order valence-corrected chi connectivity index (χ1v) is 10.5. The number of carbonyl (C=O) groups excluding carboxylic acids is 1. The van der Waals surface area contributed by atoms with Crippen LogP contribution in [0.1, 0.15) is 29.5 Å². The molecule has 1 fully saturated rings. The number of aromatic nitrogens is 4. The maximum atomic E-state index is 14.0. The molecule has 0 unspecified atom stereocenters. The van der Waals surface area contributed by atoms with Gasteiger partial charge in [-0.15, -0.1) is 5.10 Å². The number of hydrogen-bond acceptors (Lipinski definition) is 5. The van der Waals surface area contributed by atoms with E-state index >= 15 is 0 Å². The monoisotopic (exact) mass is 411 g/mol. The summed E-state index contributed by atoms with van der Waals surface area (Å²) in [6, 6.07) is 12.8. The molecule has 0 N–H and O–H groups in total. The zero-order chi connectivity index (χ0) is 20.4. The minimum Gasteiger partial charge on any atom is -0.335 e. The number of amides is 1. The molecular formula is C21H22FN5OS. The van der Waals surface area contributed by atoms with Gasteiger partial charge in [0.1, 0.15) is 5.82 Å². The van der Waals surface area contributed by atoms with E-state index in [2.05, 4.69) is 15.5 Å². The van der Waals surface area contributed by atoms with Gasteiger partial charge in [0.2, 0.25) is 11.1 Å². The second kappa shape index (κ2) is 8.32. The highest BCUT2D eigenvalue weighted by Gasteiger charge is 2.33. The standard InChI is InChI=1S/C21H22FN5OS/c1-14-6-5-9-19(15(14)2)27-21(23-24-25-27)29-13-20(28)26(17-10-11-17)12-16-7-3-4-8-18(16)22/h3-9,17H,10-13H2,1-2H3. The molecule has 1 aliphatic carbocycles. The summed E-state index contributed by atoms with van der Waals surface area (Å²) in [4.78, 5) is 14.7. The van der Waals surface area contributed by atoms with E-state index in [1.165, 1.54) is 17.8 Å². The van der Waals surface area contributed by atoms with Gasteiger partial charge in [-0.1, -0.05) is 42.1 Å². The molecule has 0 bridgehead atoms. The van der Waals surface area contributed by atoms with E-state index in [-0.39, 0.29) is 23.5 Å². The summed E-state index contributed by atoms with van der Waals surface area (Å²) in [5.41, 5.74) is 3.68. The zero-order valence-electron chi connectivity index (χ0n) is 16.4. The van der Waals surface area contributed by atoms with Crippen LogP contribution in [0.5, 0.6) is 0 Å². The molecule has 150 valence electrons. The first-order valence-electron chi connectivity index (χ1n) is 9.55. The number of hydrogen-bond donors (Lipinski definition) is 0. The Labute approximate surface area is 173 Å². The molecule has 0 atom stereocenters. The van der Waals surface area contributed by atoms with Gasteiger partial charge in [0.05, 0.1) is 11.4 Å². The van der Waals surface area contributed by atoms with Crippen molar-refractivity contribution >= 4 is 17.7 Å². The van der Waals surface area contributed by atoms with E-state index in [4.69, 9.17) is 0 Å². The van der Waals surface area contributed by atoms with Crippen molar-refractivity contribution in [3.05, 3.63) is 65.0 Å². The second-order valence-electron chi connectivity index (χ2n) is 7.23. The molecule has 1 amide bonds. The number of rotatable bonds is 7. The van der Waals surface area contributed by atoms with Crippen molar-refractivity contribution in [2.24, 2.45) is 0 Å². The van der Waals surface area contributed by atoms with Gasteiger partial charge in [-0.05, 0) is 60.4 Å². The third kappa shape index (κ3) is 4.32. The van der Waals surface area contributed by atoms with E-state index in [0.717, 1.165) is 29.7 Å². The molecule has 1 heterocycles. The number of nitrogens with zero attached hydrogens (tertiary/aromatic N) is 5. The molecule has 1 aliphatic rings. The lowest BCUT2D eigenvalue weighted by Crippen LogP contribution is -2.34. The summed E-state index contributed by atoms with van der Waals surface area (Å²) < 4.78 is 15.7. The van der Waals surface area contributed by atoms with Gasteiger partial charge in [-0.25, -0.2) is 4.39 Å². The predicted molar refractivity (Wildman–Crippen MR) is 109 cm³/mol. The molecule has 8 heteroatoms. The third-order valence-electron chi connectivity index (χ3n) is 5.18. The smallest absolute Gasteiger partial charge is 0.233 e. The van der Waals surface area contributed by atoms with Crippen LogP contribution in [0, 0.1) is 19.7 Å². The van der Waals surface area contributed by atoms with Crippen LogP contribution in [-0.4, -0.2) is 42.8 Å². The van der Waals surface area contributed by atoms with Crippen molar-refractivity contribution in [2.75, 3.05) is 5.75 Å². The molecule has 4 rings (SSSR count). The Morgan fingerprint density at radius 2 is 2.00 bits per heavy atom. The highest BCUT2D eigenvalue weighted by atomic mass is 32.2. The van der Waals surface area contributed by atoms with Gasteiger partial charge < -0.3 is 4.90 Å². The van der Waals surface area contributed by atoms with Gasteiger partial charge in [-0.3, -0.25) is 4.79 Å². The molecule has 0 saturated heterocycles. The average Bonchev–Trinajstić information content (AvgIpc) is 3.45. The lowest BCUT2D eigenvalue weighted by molar-refractivity contribution is -0.129. The second-order valence-corrected chi connectivity index (χ2v) is 8.17. The largest absolute Gasteiger partial charge is 0.335 e. The maximum Gasteiger partial charge on any atom is 0.233 e. The molecule has 2 aromatic carbocycles. The Morgan fingerprint density at radius 1 is 1.21 bits per heavy atom. The van der Waals surface area contributed by atoms with E-state index in [1.54, 1.807) is 27.8 Å². The summed E-state index contributed by atoms with van der Waals surface area (Å²) >= 11 is 1.30. The van der Waals surface area contributed by atoms with Crippen LogP contribution in [0.3, 0.4) is 0 Å². The molecule has 1 aromatic heterocycles. The highest BCUT2D eigenvalue weighted by molar-refractivity contribution is 7.99. The van der Waals surface area contributed by atoms with E-state index in [1.807, 2.05) is 32.0 Å². The van der Waals surface area contributed by atoms with Crippen molar-refractivity contribution in [1.29, 1.82) is 0 Å². The molecule has 1 saturated carbocycles. The maximum absolute atomic E-state index is 14.0. The molecule has 0 radical (unpaired) electrons. The first kappa shape index (κ1) is 19.6. The summed E-state index contributed by atoms with van der Waals surface area (Å²) in [5.74, 6) is -0.107. The lowest BCUT2D eigenvalue weighted by Gasteiger charge is -2.22. The Balaban J connectivity index is 1.47. The first-order chi connectivity index (χ1) is 14.0. The van der Waals surface area contributed by atoms with Gasteiger partial charge >= 0.3 is 0 Å². The van der Waals surface area contributed by atoms with Crippen LogP contribution in [-0.2, 0) is 11.3 Å². The fourth-order valence-corrected chi connectivity index (χ4v) is 3.98. The topological polar surface area (TPSA) is 63.9 Å². The zero-order valence-corrected chi connectivity index (χ0v) is 17.2. The van der Waals surface area contributed by atoms with Crippen LogP contribution in [0.4, 0.5) is 4.39 Å². The van der Waals surface area contributed by atoms with Gasteiger partial charge in [0.15, 0.2) is 0 Å². The molecule has 29 heavy (non-hydrogen) atoms. The Morgan fingerprint density at radius 3 is 2.76 bits per heavy atom. The van der Waals surface area contributed by atoms with Gasteiger partial charge in [0, 0.05) is 18.2 Å². The van der Waals surface area contributed by atoms with Crippen LogP contribution in [0.15, 0.2) is 47.6 Å². The molecule has 0 aliphatic heterocycles. The number of halogens is 1. The number of aryl methyl sites for hydroxylation is 1. The quantitative estimate of drug-likeness (QED) is 0.555. The van der Waals surface area contributed by atoms with Crippen molar-refractivity contribution in [2.45, 2.75) is 44.4 Å². The van der Waals surface area contributed by atoms with E-state index < -0.39 is 0 Å². The summed E-state index contributed by atoms with van der Waals surface area (Å²) in [6.07, 6.45) is 1.93. The number of thioether (sulfide) groups is 1.